The van der Waals surface area contributed by atoms with E-state index in [0.717, 1.165) is 0 Å². The molecule has 0 bridgehead atoms. The number of nitrogens with zero attached hydrogens (tertiary/aromatic N) is 2. The molecule has 2 N–H and O–H groups in total. The number of hydrogen-bond donors (Lipinski definition) is 2. The van der Waals surface area contributed by atoms with E-state index in [4.69, 9.17) is 0 Å². The van der Waals surface area contributed by atoms with Crippen molar-refractivity contribution < 1.29 is 4.79 Å². The molecular formula is C7H5BrN4O. The van der Waals surface area contributed by atoms with Gasteiger partial charge in [0.2, 0.25) is 6.41 Å². The smallest absolute Gasteiger partial charge is 0.211 e. The van der Waals surface area contributed by atoms with Gasteiger partial charge in [0, 0.05) is 6.20 Å². The highest BCUT2D eigenvalue weighted by Crippen LogP contribution is 2.20. The zero-order valence-corrected chi connectivity index (χ0v) is 8.00. The lowest BCUT2D eigenvalue weighted by Gasteiger charge is -1.93. The Kier molecular flexibility index (Phi) is 1.97. The second kappa shape index (κ2) is 3.14. The number of aromatic nitrogens is 3. The van der Waals surface area contributed by atoms with Gasteiger partial charge in [-0.25, -0.2) is 9.97 Å². The van der Waals surface area contributed by atoms with E-state index in [-0.39, 0.29) is 0 Å². The van der Waals surface area contributed by atoms with Crippen molar-refractivity contribution in [2.24, 2.45) is 0 Å². The molecule has 0 spiro atoms. The van der Waals surface area contributed by atoms with Crippen LogP contribution in [-0.4, -0.2) is 21.4 Å². The zero-order chi connectivity index (χ0) is 9.26. The number of H-pyrrole nitrogens is 1. The van der Waals surface area contributed by atoms with Crippen LogP contribution >= 0.6 is 15.9 Å². The molecule has 0 aliphatic rings. The summed E-state index contributed by atoms with van der Waals surface area (Å²) in [7, 11) is 0. The highest BCUT2D eigenvalue weighted by atomic mass is 79.9. The number of carbonyl (C=O) groups is 1. The van der Waals surface area contributed by atoms with Crippen LogP contribution in [0, 0.1) is 0 Å². The van der Waals surface area contributed by atoms with Crippen LogP contribution in [-0.2, 0) is 4.79 Å². The molecule has 2 aromatic rings. The second-order valence-electron chi connectivity index (χ2n) is 2.35. The van der Waals surface area contributed by atoms with E-state index in [2.05, 4.69) is 36.2 Å². The summed E-state index contributed by atoms with van der Waals surface area (Å²) in [5.41, 5.74) is 1.91. The lowest BCUT2D eigenvalue weighted by atomic mass is 10.4. The molecular weight excluding hydrogens is 236 g/mol. The zero-order valence-electron chi connectivity index (χ0n) is 6.41. The Bertz CT molecular complexity index is 453. The third kappa shape index (κ3) is 1.40. The Morgan fingerprint density at radius 1 is 1.62 bits per heavy atom. The summed E-state index contributed by atoms with van der Waals surface area (Å²) in [6, 6.07) is 0. The summed E-state index contributed by atoms with van der Waals surface area (Å²) in [6.07, 6.45) is 3.83. The minimum atomic E-state index is 0.602. The summed E-state index contributed by atoms with van der Waals surface area (Å²) in [5, 5.41) is 2.52. The van der Waals surface area contributed by atoms with Gasteiger partial charge in [0.15, 0.2) is 5.65 Å². The number of nitrogens with one attached hydrogen (secondary N) is 2. The van der Waals surface area contributed by atoms with Crippen LogP contribution in [0.1, 0.15) is 0 Å². The van der Waals surface area contributed by atoms with Crippen LogP contribution in [0.25, 0.3) is 11.2 Å². The predicted octanol–water partition coefficient (Wildman–Crippen LogP) is 1.29. The first-order valence-corrected chi connectivity index (χ1v) is 4.30. The number of aromatic amines is 1. The lowest BCUT2D eigenvalue weighted by molar-refractivity contribution is -0.105. The molecule has 0 aliphatic carbocycles. The van der Waals surface area contributed by atoms with E-state index in [9.17, 15) is 4.79 Å². The molecule has 0 radical (unpaired) electrons. The summed E-state index contributed by atoms with van der Waals surface area (Å²) < 4.78 is 0.633. The minimum Gasteiger partial charge on any atom is -0.343 e. The van der Waals surface area contributed by atoms with Gasteiger partial charge in [-0.2, -0.15) is 0 Å². The topological polar surface area (TPSA) is 70.7 Å². The van der Waals surface area contributed by atoms with Gasteiger partial charge in [0.25, 0.3) is 0 Å². The fraction of sp³-hybridized carbons (Fsp3) is 0. The van der Waals surface area contributed by atoms with E-state index < -0.39 is 0 Å². The number of amides is 1. The van der Waals surface area contributed by atoms with Crippen molar-refractivity contribution in [3.63, 3.8) is 0 Å². The molecule has 0 unspecified atom stereocenters. The van der Waals surface area contributed by atoms with Crippen molar-refractivity contribution in [2.45, 2.75) is 0 Å². The molecule has 0 atom stereocenters. The monoisotopic (exact) mass is 240 g/mol. The molecule has 66 valence electrons. The van der Waals surface area contributed by atoms with E-state index in [1.165, 1.54) is 0 Å². The molecule has 1 amide bonds. The molecule has 2 rings (SSSR count). The van der Waals surface area contributed by atoms with Crippen LogP contribution in [0.15, 0.2) is 17.0 Å². The Hall–Kier alpha value is -1.43. The molecule has 6 heteroatoms. The van der Waals surface area contributed by atoms with E-state index in [1.54, 1.807) is 12.4 Å². The summed E-state index contributed by atoms with van der Waals surface area (Å²) in [4.78, 5) is 21.3. The number of fused-ring (bicyclic) bond motifs is 1. The third-order valence-electron chi connectivity index (χ3n) is 1.57. The van der Waals surface area contributed by atoms with Crippen LogP contribution in [0.3, 0.4) is 0 Å². The first kappa shape index (κ1) is 8.18. The third-order valence-corrected chi connectivity index (χ3v) is 1.95. The van der Waals surface area contributed by atoms with Crippen LogP contribution in [0.5, 0.6) is 0 Å². The largest absolute Gasteiger partial charge is 0.343 e. The average Bonchev–Trinajstić information content (AvgIpc) is 2.49. The molecule has 0 saturated heterocycles. The van der Waals surface area contributed by atoms with Crippen molar-refractivity contribution in [1.29, 1.82) is 0 Å². The number of halogens is 1. The van der Waals surface area contributed by atoms with E-state index >= 15 is 0 Å². The van der Waals surface area contributed by atoms with Crippen molar-refractivity contribution in [3.05, 3.63) is 17.0 Å². The molecule has 0 aromatic carbocycles. The lowest BCUT2D eigenvalue weighted by Crippen LogP contribution is -1.93. The second-order valence-corrected chi connectivity index (χ2v) is 3.17. The van der Waals surface area contributed by atoms with Gasteiger partial charge in [0.05, 0.1) is 11.9 Å². The first-order chi connectivity index (χ1) is 6.31. The maximum absolute atomic E-state index is 10.2. The normalized spacial score (nSPS) is 10.2. The Morgan fingerprint density at radius 3 is 3.23 bits per heavy atom. The fourth-order valence-electron chi connectivity index (χ4n) is 1.04. The van der Waals surface area contributed by atoms with E-state index in [1.807, 2.05) is 0 Å². The molecule has 5 nitrogen and oxygen atoms in total. The molecule has 13 heavy (non-hydrogen) atoms. The van der Waals surface area contributed by atoms with Gasteiger partial charge >= 0.3 is 0 Å². The van der Waals surface area contributed by atoms with Gasteiger partial charge < -0.3 is 10.3 Å². The molecule has 0 aliphatic heterocycles. The average molecular weight is 241 g/mol. The highest BCUT2D eigenvalue weighted by Gasteiger charge is 2.05. The van der Waals surface area contributed by atoms with Crippen molar-refractivity contribution in [3.8, 4) is 0 Å². The van der Waals surface area contributed by atoms with Gasteiger partial charge in [-0.05, 0) is 15.9 Å². The van der Waals surface area contributed by atoms with Gasteiger partial charge in [-0.1, -0.05) is 0 Å². The SMILES string of the molecule is O=CNc1c[nH]c2ncc(Br)nc12. The standard InChI is InChI=1S/C7H5BrN4O/c8-5-2-10-7-6(12-5)4(1-9-7)11-3-13/h1-3H,(H,9,10)(H,11,13). The summed E-state index contributed by atoms with van der Waals surface area (Å²) in [5.74, 6) is 0. The van der Waals surface area contributed by atoms with Gasteiger partial charge in [0.1, 0.15) is 10.1 Å². The molecule has 0 fully saturated rings. The number of anilines is 1. The number of carbonyl (C=O) groups excluding carboxylic acids is 1. The molecule has 2 aromatic heterocycles. The van der Waals surface area contributed by atoms with Crippen molar-refractivity contribution in [2.75, 3.05) is 5.32 Å². The van der Waals surface area contributed by atoms with Gasteiger partial charge in [-0.15, -0.1) is 0 Å². The van der Waals surface area contributed by atoms with Crippen LogP contribution < -0.4 is 5.32 Å². The van der Waals surface area contributed by atoms with Crippen molar-refractivity contribution in [1.82, 2.24) is 15.0 Å². The molecule has 0 saturated carbocycles. The van der Waals surface area contributed by atoms with Crippen molar-refractivity contribution >= 4 is 39.2 Å². The Labute approximate surface area is 81.7 Å². The van der Waals surface area contributed by atoms with E-state index in [0.29, 0.717) is 27.9 Å². The summed E-state index contributed by atoms with van der Waals surface area (Å²) >= 11 is 3.20. The minimum absolute atomic E-state index is 0.602. The number of rotatable bonds is 2. The highest BCUT2D eigenvalue weighted by molar-refractivity contribution is 9.10. The number of hydrogen-bond acceptors (Lipinski definition) is 3. The predicted molar refractivity (Wildman–Crippen MR) is 51.3 cm³/mol. The Morgan fingerprint density at radius 2 is 2.46 bits per heavy atom. The van der Waals surface area contributed by atoms with Crippen LogP contribution in [0.2, 0.25) is 0 Å². The van der Waals surface area contributed by atoms with Crippen LogP contribution in [0.4, 0.5) is 5.69 Å². The fourth-order valence-corrected chi connectivity index (χ4v) is 1.32. The Balaban J connectivity index is 2.64. The molecule has 2 heterocycles. The maximum Gasteiger partial charge on any atom is 0.211 e. The maximum atomic E-state index is 10.2. The summed E-state index contributed by atoms with van der Waals surface area (Å²) in [6.45, 7) is 0. The van der Waals surface area contributed by atoms with Gasteiger partial charge in [-0.3, -0.25) is 4.79 Å². The first-order valence-electron chi connectivity index (χ1n) is 3.51. The quantitative estimate of drug-likeness (QED) is 0.778.